The lowest BCUT2D eigenvalue weighted by Gasteiger charge is -2.22. The predicted octanol–water partition coefficient (Wildman–Crippen LogP) is 2.65. The van der Waals surface area contributed by atoms with Crippen molar-refractivity contribution in [1.82, 2.24) is 0 Å². The van der Waals surface area contributed by atoms with Crippen molar-refractivity contribution in [2.45, 2.75) is 12.0 Å². The van der Waals surface area contributed by atoms with Crippen LogP contribution in [-0.4, -0.2) is 23.0 Å². The number of amides is 1. The van der Waals surface area contributed by atoms with Crippen LogP contribution < -0.4 is 4.90 Å². The van der Waals surface area contributed by atoms with Crippen LogP contribution in [0.5, 0.6) is 0 Å². The van der Waals surface area contributed by atoms with Gasteiger partial charge in [-0.2, -0.15) is 0 Å². The molecule has 1 aliphatic heterocycles. The molecule has 0 bridgehead atoms. The molecule has 7 heteroatoms. The van der Waals surface area contributed by atoms with E-state index in [2.05, 4.69) is 0 Å². The molecular weight excluding hydrogens is 320 g/mol. The Hall–Kier alpha value is -2.44. The van der Waals surface area contributed by atoms with Gasteiger partial charge >= 0.3 is 0 Å². The minimum Gasteiger partial charge on any atom is -0.375 e. The number of nitro benzene ring substituents is 1. The molecule has 1 atom stereocenters. The molecule has 0 radical (unpaired) electrons. The Morgan fingerprint density at radius 1 is 1.30 bits per heavy atom. The Morgan fingerprint density at radius 3 is 2.70 bits per heavy atom. The largest absolute Gasteiger partial charge is 0.375 e. The van der Waals surface area contributed by atoms with Gasteiger partial charge in [0, 0.05) is 35.7 Å². The molecule has 1 unspecified atom stereocenters. The zero-order valence-electron chi connectivity index (χ0n) is 12.2. The minimum atomic E-state index is -1.83. The molecule has 23 heavy (non-hydrogen) atoms. The van der Waals surface area contributed by atoms with Gasteiger partial charge in [0.05, 0.1) is 10.6 Å². The number of fused-ring (bicyclic) bond motifs is 1. The van der Waals surface area contributed by atoms with Gasteiger partial charge in [-0.1, -0.05) is 35.9 Å². The van der Waals surface area contributed by atoms with Crippen LogP contribution in [-0.2, 0) is 16.8 Å². The van der Waals surface area contributed by atoms with Crippen molar-refractivity contribution in [3.63, 3.8) is 0 Å². The summed E-state index contributed by atoms with van der Waals surface area (Å²) in [6.07, 6.45) is -0.194. The number of benzene rings is 2. The Balaban J connectivity index is 2.10. The van der Waals surface area contributed by atoms with Gasteiger partial charge in [0.25, 0.3) is 11.6 Å². The Kier molecular flexibility index (Phi) is 3.58. The second-order valence-electron chi connectivity index (χ2n) is 5.45. The molecule has 0 spiro atoms. The number of likely N-dealkylation sites (N-methyl/N-ethyl adjacent to an activating group) is 1. The van der Waals surface area contributed by atoms with Crippen molar-refractivity contribution < 1.29 is 14.8 Å². The summed E-state index contributed by atoms with van der Waals surface area (Å²) in [5, 5.41) is 22.4. The summed E-state index contributed by atoms with van der Waals surface area (Å²) in [5.74, 6) is -0.511. The van der Waals surface area contributed by atoms with Gasteiger partial charge in [0.15, 0.2) is 5.60 Å². The van der Waals surface area contributed by atoms with Gasteiger partial charge in [-0.15, -0.1) is 0 Å². The molecule has 1 aliphatic rings. The minimum absolute atomic E-state index is 0.194. The highest BCUT2D eigenvalue weighted by atomic mass is 35.5. The monoisotopic (exact) mass is 332 g/mol. The quantitative estimate of drug-likeness (QED) is 0.691. The van der Waals surface area contributed by atoms with E-state index in [1.54, 1.807) is 31.3 Å². The van der Waals surface area contributed by atoms with Crippen LogP contribution in [0.2, 0.25) is 5.02 Å². The van der Waals surface area contributed by atoms with E-state index in [4.69, 9.17) is 11.6 Å². The van der Waals surface area contributed by atoms with Crippen molar-refractivity contribution in [2.24, 2.45) is 0 Å². The summed E-state index contributed by atoms with van der Waals surface area (Å²) in [4.78, 5) is 24.5. The smallest absolute Gasteiger partial charge is 0.274 e. The molecule has 118 valence electrons. The van der Waals surface area contributed by atoms with Crippen LogP contribution in [0.25, 0.3) is 0 Å². The van der Waals surface area contributed by atoms with E-state index in [0.29, 0.717) is 11.3 Å². The second kappa shape index (κ2) is 5.33. The number of aliphatic hydroxyl groups is 1. The number of carbonyl (C=O) groups is 1. The number of carbonyl (C=O) groups excluding carboxylic acids is 1. The Bertz CT molecular complexity index is 823. The Morgan fingerprint density at radius 2 is 2.00 bits per heavy atom. The second-order valence-corrected chi connectivity index (χ2v) is 5.88. The van der Waals surface area contributed by atoms with Gasteiger partial charge in [0.2, 0.25) is 0 Å². The van der Waals surface area contributed by atoms with Crippen molar-refractivity contribution in [2.75, 3.05) is 11.9 Å². The fraction of sp³-hybridized carbons (Fsp3) is 0.188. The van der Waals surface area contributed by atoms with E-state index in [1.807, 2.05) is 0 Å². The molecule has 3 rings (SSSR count). The molecule has 2 aromatic rings. The average Bonchev–Trinajstić information content (AvgIpc) is 2.72. The van der Waals surface area contributed by atoms with Gasteiger partial charge in [0.1, 0.15) is 0 Å². The lowest BCUT2D eigenvalue weighted by atomic mass is 9.88. The summed E-state index contributed by atoms with van der Waals surface area (Å²) in [5.41, 5.74) is -0.760. The first-order valence-corrected chi connectivity index (χ1v) is 7.25. The van der Waals surface area contributed by atoms with Crippen LogP contribution >= 0.6 is 11.6 Å². The number of hydrogen-bond donors (Lipinski definition) is 1. The molecule has 1 N–H and O–H groups in total. The molecule has 1 heterocycles. The topological polar surface area (TPSA) is 83.7 Å². The van der Waals surface area contributed by atoms with E-state index >= 15 is 0 Å². The first-order chi connectivity index (χ1) is 10.8. The first kappa shape index (κ1) is 15.5. The lowest BCUT2D eigenvalue weighted by molar-refractivity contribution is -0.385. The first-order valence-electron chi connectivity index (χ1n) is 6.87. The summed E-state index contributed by atoms with van der Waals surface area (Å²) >= 11 is 5.80. The standard InChI is InChI=1S/C16H13ClN2O4/c1-18-13-5-3-2-4-12(13)16(21,15(18)20)9-10-6-7-11(17)8-14(10)19(22)23/h2-8,21H,9H2,1H3. The van der Waals surface area contributed by atoms with Gasteiger partial charge in [-0.25, -0.2) is 0 Å². The number of para-hydroxylation sites is 1. The number of halogens is 1. The summed E-state index contributed by atoms with van der Waals surface area (Å²) < 4.78 is 0. The third-order valence-electron chi connectivity index (χ3n) is 4.06. The van der Waals surface area contributed by atoms with E-state index in [-0.39, 0.29) is 22.7 Å². The predicted molar refractivity (Wildman–Crippen MR) is 85.6 cm³/mol. The number of hydrogen-bond acceptors (Lipinski definition) is 4. The number of nitrogens with zero attached hydrogens (tertiary/aromatic N) is 2. The molecule has 2 aromatic carbocycles. The van der Waals surface area contributed by atoms with Crippen LogP contribution in [0, 0.1) is 10.1 Å². The van der Waals surface area contributed by atoms with Gasteiger partial charge in [-0.05, 0) is 12.1 Å². The molecule has 1 amide bonds. The highest BCUT2D eigenvalue weighted by molar-refractivity contribution is 6.30. The SMILES string of the molecule is CN1C(=O)C(O)(Cc2ccc(Cl)cc2[N+](=O)[O-])c2ccccc21. The van der Waals surface area contributed by atoms with E-state index in [0.717, 1.165) is 0 Å². The fourth-order valence-corrected chi connectivity index (χ4v) is 3.09. The zero-order chi connectivity index (χ0) is 16.8. The van der Waals surface area contributed by atoms with Crippen molar-refractivity contribution in [1.29, 1.82) is 0 Å². The third-order valence-corrected chi connectivity index (χ3v) is 4.29. The van der Waals surface area contributed by atoms with E-state index < -0.39 is 16.4 Å². The molecule has 0 aliphatic carbocycles. The fourth-order valence-electron chi connectivity index (χ4n) is 2.92. The molecule has 0 aromatic heterocycles. The number of anilines is 1. The zero-order valence-corrected chi connectivity index (χ0v) is 12.9. The summed E-state index contributed by atoms with van der Waals surface area (Å²) in [7, 11) is 1.56. The van der Waals surface area contributed by atoms with Crippen LogP contribution in [0.4, 0.5) is 11.4 Å². The lowest BCUT2D eigenvalue weighted by Crippen LogP contribution is -2.40. The number of nitro groups is 1. The normalized spacial score (nSPS) is 19.8. The van der Waals surface area contributed by atoms with Crippen LogP contribution in [0.3, 0.4) is 0 Å². The van der Waals surface area contributed by atoms with Crippen molar-refractivity contribution in [3.05, 3.63) is 68.7 Å². The molecular formula is C16H13ClN2O4. The maximum Gasteiger partial charge on any atom is 0.274 e. The molecule has 0 saturated heterocycles. The van der Waals surface area contributed by atoms with Crippen LogP contribution in [0.15, 0.2) is 42.5 Å². The molecule has 0 saturated carbocycles. The van der Waals surface area contributed by atoms with Crippen molar-refractivity contribution in [3.8, 4) is 0 Å². The summed E-state index contributed by atoms with van der Waals surface area (Å²) in [6.45, 7) is 0. The Labute approximate surface area is 137 Å². The van der Waals surface area contributed by atoms with E-state index in [9.17, 15) is 20.0 Å². The highest BCUT2D eigenvalue weighted by Gasteiger charge is 2.49. The maximum atomic E-state index is 12.5. The highest BCUT2D eigenvalue weighted by Crippen LogP contribution is 2.42. The molecule has 6 nitrogen and oxygen atoms in total. The van der Waals surface area contributed by atoms with Crippen molar-refractivity contribution >= 4 is 28.9 Å². The third kappa shape index (κ3) is 2.36. The van der Waals surface area contributed by atoms with E-state index in [1.165, 1.54) is 23.1 Å². The molecule has 0 fully saturated rings. The van der Waals surface area contributed by atoms with Crippen LogP contribution in [0.1, 0.15) is 11.1 Å². The summed E-state index contributed by atoms with van der Waals surface area (Å²) in [6, 6.07) is 11.0. The number of rotatable bonds is 3. The average molecular weight is 333 g/mol. The van der Waals surface area contributed by atoms with Gasteiger partial charge in [-0.3, -0.25) is 14.9 Å². The maximum absolute atomic E-state index is 12.5. The van der Waals surface area contributed by atoms with Gasteiger partial charge < -0.3 is 10.0 Å².